The van der Waals surface area contributed by atoms with Crippen LogP contribution in [0, 0.1) is 0 Å². The van der Waals surface area contributed by atoms with E-state index in [1.54, 1.807) is 10.4 Å². The van der Waals surface area contributed by atoms with Gasteiger partial charge in [0.1, 0.15) is 8.07 Å². The summed E-state index contributed by atoms with van der Waals surface area (Å²) < 4.78 is 11.7. The molecular formula is C23H30O2S2Si. The van der Waals surface area contributed by atoms with Gasteiger partial charge in [-0.1, -0.05) is 77.6 Å². The van der Waals surface area contributed by atoms with E-state index in [4.69, 9.17) is 9.47 Å². The molecule has 0 N–H and O–H groups in total. The molecule has 0 radical (unpaired) electrons. The molecule has 0 aliphatic carbocycles. The number of hydrogen-bond donors (Lipinski definition) is 0. The van der Waals surface area contributed by atoms with Crippen LogP contribution in [0.5, 0.6) is 0 Å². The Balaban J connectivity index is 1.69. The quantitative estimate of drug-likeness (QED) is 0.601. The van der Waals surface area contributed by atoms with E-state index in [1.165, 1.54) is 24.3 Å². The molecule has 2 aliphatic heterocycles. The van der Waals surface area contributed by atoms with E-state index >= 15 is 0 Å². The first-order chi connectivity index (χ1) is 13.7. The standard InChI is InChI=1S/C23H30O2S2Si/c1-28(20-10-4-2-5-11-20,21-12-6-3-7-13-21)23(26-18-9-19-27-23)15-8-14-22-24-16-17-25-22/h2-7,10-13,22H,8-9,14-19H2,1H3. The van der Waals surface area contributed by atoms with Gasteiger partial charge >= 0.3 is 0 Å². The van der Waals surface area contributed by atoms with Crippen LogP contribution in [0.1, 0.15) is 25.7 Å². The summed E-state index contributed by atoms with van der Waals surface area (Å²) >= 11 is 4.47. The van der Waals surface area contributed by atoms with Crippen molar-refractivity contribution in [1.29, 1.82) is 0 Å². The summed E-state index contributed by atoms with van der Waals surface area (Å²) in [6.07, 6.45) is 4.72. The van der Waals surface area contributed by atoms with Gasteiger partial charge in [0.25, 0.3) is 0 Å². The normalized spacial score (nSPS) is 20.3. The zero-order chi connectivity index (χ0) is 19.3. The fourth-order valence-electron chi connectivity index (χ4n) is 4.48. The highest BCUT2D eigenvalue weighted by atomic mass is 32.2. The molecule has 2 aliphatic rings. The van der Waals surface area contributed by atoms with Crippen molar-refractivity contribution in [2.45, 2.75) is 42.2 Å². The van der Waals surface area contributed by atoms with Gasteiger partial charge in [-0.2, -0.15) is 0 Å². The highest BCUT2D eigenvalue weighted by Gasteiger charge is 2.53. The largest absolute Gasteiger partial charge is 0.350 e. The molecule has 0 saturated carbocycles. The number of benzene rings is 2. The fourth-order valence-corrected chi connectivity index (χ4v) is 15.3. The molecule has 4 rings (SSSR count). The van der Waals surface area contributed by atoms with Crippen molar-refractivity contribution in [2.24, 2.45) is 0 Å². The van der Waals surface area contributed by atoms with Gasteiger partial charge in [0.05, 0.1) is 16.9 Å². The molecule has 0 bridgehead atoms. The molecule has 2 saturated heterocycles. The van der Waals surface area contributed by atoms with Crippen molar-refractivity contribution in [3.05, 3.63) is 60.7 Å². The number of ether oxygens (including phenoxy) is 2. The molecule has 2 fully saturated rings. The number of thioether (sulfide) groups is 2. The molecule has 0 amide bonds. The van der Waals surface area contributed by atoms with Crippen LogP contribution in [0.15, 0.2) is 60.7 Å². The van der Waals surface area contributed by atoms with Crippen LogP contribution in [0.3, 0.4) is 0 Å². The van der Waals surface area contributed by atoms with Crippen molar-refractivity contribution in [2.75, 3.05) is 24.7 Å². The maximum atomic E-state index is 5.71. The van der Waals surface area contributed by atoms with Crippen LogP contribution in [0.25, 0.3) is 0 Å². The first kappa shape index (κ1) is 20.5. The zero-order valence-corrected chi connectivity index (χ0v) is 19.3. The van der Waals surface area contributed by atoms with Gasteiger partial charge in [0.2, 0.25) is 0 Å². The molecular weight excluding hydrogens is 400 g/mol. The lowest BCUT2D eigenvalue weighted by atomic mass is 10.2. The lowest BCUT2D eigenvalue weighted by molar-refractivity contribution is -0.0478. The Bertz CT molecular complexity index is 689. The predicted molar refractivity (Wildman–Crippen MR) is 126 cm³/mol. The molecule has 2 nitrogen and oxygen atoms in total. The van der Waals surface area contributed by atoms with E-state index in [1.807, 2.05) is 0 Å². The van der Waals surface area contributed by atoms with Crippen LogP contribution in [-0.2, 0) is 9.47 Å². The molecule has 2 heterocycles. The number of rotatable bonds is 7. The van der Waals surface area contributed by atoms with Crippen molar-refractivity contribution in [3.63, 3.8) is 0 Å². The van der Waals surface area contributed by atoms with Gasteiger partial charge in [-0.25, -0.2) is 0 Å². The Hall–Kier alpha value is -0.723. The fraction of sp³-hybridized carbons (Fsp3) is 0.478. The maximum absolute atomic E-state index is 5.71. The Morgan fingerprint density at radius 3 is 1.96 bits per heavy atom. The van der Waals surface area contributed by atoms with Crippen LogP contribution >= 0.6 is 23.5 Å². The van der Waals surface area contributed by atoms with Crippen molar-refractivity contribution >= 4 is 42.0 Å². The average Bonchev–Trinajstić information content (AvgIpc) is 3.28. The van der Waals surface area contributed by atoms with E-state index in [2.05, 4.69) is 90.7 Å². The molecule has 2 aromatic carbocycles. The van der Waals surface area contributed by atoms with Gasteiger partial charge in [-0.05, 0) is 37.2 Å². The Labute approximate surface area is 178 Å². The van der Waals surface area contributed by atoms with E-state index in [9.17, 15) is 0 Å². The monoisotopic (exact) mass is 430 g/mol. The third-order valence-electron chi connectivity index (χ3n) is 6.06. The molecule has 28 heavy (non-hydrogen) atoms. The van der Waals surface area contributed by atoms with E-state index < -0.39 is 8.07 Å². The molecule has 0 unspecified atom stereocenters. The van der Waals surface area contributed by atoms with E-state index in [0.29, 0.717) is 0 Å². The highest BCUT2D eigenvalue weighted by molar-refractivity contribution is 8.21. The topological polar surface area (TPSA) is 18.5 Å². The smallest absolute Gasteiger partial charge is 0.157 e. The Kier molecular flexibility index (Phi) is 6.89. The second kappa shape index (κ2) is 9.39. The van der Waals surface area contributed by atoms with Gasteiger partial charge in [-0.15, -0.1) is 23.5 Å². The average molecular weight is 431 g/mol. The molecule has 0 aromatic heterocycles. The Morgan fingerprint density at radius 2 is 1.43 bits per heavy atom. The van der Waals surface area contributed by atoms with Gasteiger partial charge < -0.3 is 9.47 Å². The summed E-state index contributed by atoms with van der Waals surface area (Å²) in [7, 11) is -1.98. The summed E-state index contributed by atoms with van der Waals surface area (Å²) in [5.74, 6) is 2.54. The summed E-state index contributed by atoms with van der Waals surface area (Å²) in [6, 6.07) is 22.7. The highest BCUT2D eigenvalue weighted by Crippen LogP contribution is 2.51. The van der Waals surface area contributed by atoms with Gasteiger partial charge in [0.15, 0.2) is 6.29 Å². The Morgan fingerprint density at radius 1 is 0.893 bits per heavy atom. The minimum atomic E-state index is -1.98. The molecule has 150 valence electrons. The van der Waals surface area contributed by atoms with Crippen LogP contribution in [-0.4, -0.2) is 42.8 Å². The summed E-state index contributed by atoms with van der Waals surface area (Å²) in [4.78, 5) is 0. The minimum absolute atomic E-state index is 0.0111. The summed E-state index contributed by atoms with van der Waals surface area (Å²) in [5, 5.41) is 3.10. The first-order valence-corrected chi connectivity index (χ1v) is 14.8. The van der Waals surface area contributed by atoms with Crippen LogP contribution in [0.4, 0.5) is 0 Å². The van der Waals surface area contributed by atoms with E-state index in [-0.39, 0.29) is 9.99 Å². The van der Waals surface area contributed by atoms with Gasteiger partial charge in [0, 0.05) is 0 Å². The second-order valence-electron chi connectivity index (χ2n) is 7.72. The van der Waals surface area contributed by atoms with Crippen LogP contribution in [0.2, 0.25) is 6.55 Å². The molecule has 0 atom stereocenters. The van der Waals surface area contributed by atoms with E-state index in [0.717, 1.165) is 26.1 Å². The van der Waals surface area contributed by atoms with Crippen molar-refractivity contribution < 1.29 is 9.47 Å². The third-order valence-corrected chi connectivity index (χ3v) is 17.2. The molecule has 0 spiro atoms. The molecule has 5 heteroatoms. The molecule has 2 aromatic rings. The number of hydrogen-bond acceptors (Lipinski definition) is 4. The third kappa shape index (κ3) is 4.10. The summed E-state index contributed by atoms with van der Waals surface area (Å²) in [5.41, 5.74) is 0. The van der Waals surface area contributed by atoms with Crippen molar-refractivity contribution in [3.8, 4) is 0 Å². The lowest BCUT2D eigenvalue weighted by Gasteiger charge is -2.49. The SMILES string of the molecule is C[Si](c1ccccc1)(c1ccccc1)C1(CCCC2OCCO2)SCCCS1. The second-order valence-corrected chi connectivity index (χ2v) is 15.8. The summed E-state index contributed by atoms with van der Waals surface area (Å²) in [6.45, 7) is 4.10. The maximum Gasteiger partial charge on any atom is 0.157 e. The van der Waals surface area contributed by atoms with Crippen molar-refractivity contribution in [1.82, 2.24) is 0 Å². The zero-order valence-electron chi connectivity index (χ0n) is 16.6. The predicted octanol–water partition coefficient (Wildman–Crippen LogP) is 4.53. The lowest BCUT2D eigenvalue weighted by Crippen LogP contribution is -2.69. The minimum Gasteiger partial charge on any atom is -0.350 e. The first-order valence-electron chi connectivity index (χ1n) is 10.4. The van der Waals surface area contributed by atoms with Gasteiger partial charge in [-0.3, -0.25) is 0 Å². The van der Waals surface area contributed by atoms with Crippen LogP contribution < -0.4 is 10.4 Å².